The number of quaternary nitrogens is 1. The second-order valence-corrected chi connectivity index (χ2v) is 6.78. The van der Waals surface area contributed by atoms with Crippen LogP contribution in [0.2, 0.25) is 0 Å². The maximum atomic E-state index is 12.5. The number of piperidine rings is 1. The zero-order valence-corrected chi connectivity index (χ0v) is 14.6. The van der Waals surface area contributed by atoms with Crippen molar-refractivity contribution in [1.29, 1.82) is 0 Å². The quantitative estimate of drug-likeness (QED) is 0.572. The Hall–Kier alpha value is -2.61. The van der Waals surface area contributed by atoms with Crippen LogP contribution in [0.5, 0.6) is 11.5 Å². The molecule has 1 aromatic carbocycles. The number of ketones is 1. The number of benzene rings is 1. The average Bonchev–Trinajstić information content (AvgIpc) is 2.90. The third-order valence-electron chi connectivity index (χ3n) is 5.24. The van der Waals surface area contributed by atoms with E-state index < -0.39 is 11.7 Å². The lowest BCUT2D eigenvalue weighted by molar-refractivity contribution is -0.904. The van der Waals surface area contributed by atoms with Gasteiger partial charge in [-0.3, -0.25) is 19.3 Å². The number of hydrogen-bond donors (Lipinski definition) is 1. The highest BCUT2D eigenvalue weighted by atomic mass is 16.6. The number of amides is 1. The first-order chi connectivity index (χ1) is 12.6. The molecule has 0 bridgehead atoms. The van der Waals surface area contributed by atoms with Gasteiger partial charge >= 0.3 is 11.9 Å². The van der Waals surface area contributed by atoms with Crippen molar-refractivity contribution in [2.45, 2.75) is 12.8 Å². The largest absolute Gasteiger partial charge is 0.486 e. The summed E-state index contributed by atoms with van der Waals surface area (Å²) in [4.78, 5) is 39.2. The van der Waals surface area contributed by atoms with Crippen LogP contribution in [0.1, 0.15) is 23.2 Å². The second-order valence-electron chi connectivity index (χ2n) is 6.78. The monoisotopic (exact) mass is 361 g/mol. The number of hydrogen-bond acceptors (Lipinski definition) is 6. The molecule has 1 amide bonds. The number of nitrogens with zero attached hydrogens (tertiary/aromatic N) is 1. The van der Waals surface area contributed by atoms with Crippen LogP contribution < -0.4 is 19.3 Å². The summed E-state index contributed by atoms with van der Waals surface area (Å²) >= 11 is 0. The van der Waals surface area contributed by atoms with Gasteiger partial charge in [-0.15, -0.1) is 0 Å². The van der Waals surface area contributed by atoms with Crippen LogP contribution in [-0.2, 0) is 14.3 Å². The van der Waals surface area contributed by atoms with Crippen molar-refractivity contribution in [3.05, 3.63) is 17.7 Å². The number of likely N-dealkylation sites (tertiary alicyclic amines) is 1. The molecule has 0 aromatic heterocycles. The SMILES string of the molecule is COC(=O)C1CC[NH+](CN2C(=O)C(=O)c3cc4c(cc32)OCCO4)CC1. The minimum atomic E-state index is -0.523. The molecule has 0 radical (unpaired) electrons. The topological polar surface area (TPSA) is 86.6 Å². The van der Waals surface area contributed by atoms with Crippen LogP contribution in [0.15, 0.2) is 12.1 Å². The number of nitrogens with one attached hydrogen (secondary N) is 1. The highest BCUT2D eigenvalue weighted by Gasteiger charge is 2.40. The van der Waals surface area contributed by atoms with Gasteiger partial charge in [-0.1, -0.05) is 0 Å². The average molecular weight is 361 g/mol. The van der Waals surface area contributed by atoms with E-state index >= 15 is 0 Å². The van der Waals surface area contributed by atoms with E-state index in [-0.39, 0.29) is 11.9 Å². The van der Waals surface area contributed by atoms with Crippen molar-refractivity contribution in [3.8, 4) is 11.5 Å². The molecule has 3 heterocycles. The number of esters is 1. The second kappa shape index (κ2) is 6.60. The number of methoxy groups -OCH3 is 1. The molecule has 0 unspecified atom stereocenters. The molecule has 26 heavy (non-hydrogen) atoms. The Labute approximate surface area is 150 Å². The Balaban J connectivity index is 1.51. The lowest BCUT2D eigenvalue weighted by atomic mass is 9.97. The van der Waals surface area contributed by atoms with Crippen molar-refractivity contribution >= 4 is 23.3 Å². The Morgan fingerprint density at radius 2 is 1.85 bits per heavy atom. The predicted octanol–water partition coefficient (Wildman–Crippen LogP) is -0.587. The van der Waals surface area contributed by atoms with E-state index in [0.717, 1.165) is 18.0 Å². The molecule has 1 saturated heterocycles. The van der Waals surface area contributed by atoms with Gasteiger partial charge in [0, 0.05) is 18.9 Å². The molecule has 0 spiro atoms. The predicted molar refractivity (Wildman–Crippen MR) is 89.6 cm³/mol. The Morgan fingerprint density at radius 1 is 1.19 bits per heavy atom. The molecule has 138 valence electrons. The van der Waals surface area contributed by atoms with Crippen LogP contribution in [0, 0.1) is 5.92 Å². The molecule has 3 aliphatic rings. The number of rotatable bonds is 3. The third kappa shape index (κ3) is 2.80. The Kier molecular flexibility index (Phi) is 4.28. The van der Waals surface area contributed by atoms with Gasteiger partial charge in [-0.2, -0.15) is 0 Å². The van der Waals surface area contributed by atoms with Gasteiger partial charge < -0.3 is 19.1 Å². The van der Waals surface area contributed by atoms with Crippen molar-refractivity contribution in [2.24, 2.45) is 5.92 Å². The zero-order valence-electron chi connectivity index (χ0n) is 14.6. The standard InChI is InChI=1S/C18H20N2O6/c1-24-18(23)11-2-4-19(5-3-11)10-20-13-9-15-14(25-6-7-26-15)8-12(13)16(21)17(20)22/h8-9,11H,2-7,10H2,1H3/p+1. The number of ether oxygens (including phenoxy) is 3. The number of Topliss-reactive ketones (excluding diaryl/α,β-unsaturated/α-hetero) is 1. The normalized spacial score (nSPS) is 24.4. The summed E-state index contributed by atoms with van der Waals surface area (Å²) in [5.74, 6) is -0.230. The van der Waals surface area contributed by atoms with E-state index in [1.165, 1.54) is 12.0 Å². The van der Waals surface area contributed by atoms with Gasteiger partial charge in [0.05, 0.1) is 37.4 Å². The van der Waals surface area contributed by atoms with Gasteiger partial charge in [-0.25, -0.2) is 0 Å². The first-order valence-corrected chi connectivity index (χ1v) is 8.79. The summed E-state index contributed by atoms with van der Waals surface area (Å²) in [6.07, 6.45) is 1.43. The minimum Gasteiger partial charge on any atom is -0.486 e. The zero-order chi connectivity index (χ0) is 18.3. The van der Waals surface area contributed by atoms with Crippen molar-refractivity contribution in [1.82, 2.24) is 0 Å². The van der Waals surface area contributed by atoms with Crippen molar-refractivity contribution in [3.63, 3.8) is 0 Å². The van der Waals surface area contributed by atoms with Gasteiger partial charge in [0.2, 0.25) is 0 Å². The summed E-state index contributed by atoms with van der Waals surface area (Å²) in [5, 5.41) is 0. The number of fused-ring (bicyclic) bond motifs is 2. The molecule has 8 nitrogen and oxygen atoms in total. The third-order valence-corrected chi connectivity index (χ3v) is 5.24. The van der Waals surface area contributed by atoms with E-state index in [1.807, 2.05) is 0 Å². The molecule has 8 heteroatoms. The van der Waals surface area contributed by atoms with E-state index in [0.29, 0.717) is 55.5 Å². The highest BCUT2D eigenvalue weighted by Crippen LogP contribution is 2.40. The van der Waals surface area contributed by atoms with Crippen molar-refractivity contribution in [2.75, 3.05) is 45.0 Å². The molecule has 1 aromatic rings. The number of carbonyl (C=O) groups excluding carboxylic acids is 3. The van der Waals surface area contributed by atoms with Crippen LogP contribution in [0.3, 0.4) is 0 Å². The fraction of sp³-hybridized carbons (Fsp3) is 0.500. The lowest BCUT2D eigenvalue weighted by Gasteiger charge is -2.30. The summed E-state index contributed by atoms with van der Waals surface area (Å²) in [7, 11) is 1.40. The molecule has 1 N–H and O–H groups in total. The Bertz CT molecular complexity index is 769. The smallest absolute Gasteiger partial charge is 0.309 e. The molecule has 0 aliphatic carbocycles. The van der Waals surface area contributed by atoms with E-state index in [9.17, 15) is 14.4 Å². The Morgan fingerprint density at radius 3 is 2.50 bits per heavy atom. The summed E-state index contributed by atoms with van der Waals surface area (Å²) in [5.41, 5.74) is 0.940. The van der Waals surface area contributed by atoms with E-state index in [4.69, 9.17) is 14.2 Å². The van der Waals surface area contributed by atoms with E-state index in [1.54, 1.807) is 12.1 Å². The van der Waals surface area contributed by atoms with Crippen LogP contribution >= 0.6 is 0 Å². The minimum absolute atomic E-state index is 0.0792. The van der Waals surface area contributed by atoms with Crippen LogP contribution in [-0.4, -0.2) is 57.7 Å². The van der Waals surface area contributed by atoms with Gasteiger partial charge in [0.25, 0.3) is 5.78 Å². The van der Waals surface area contributed by atoms with Gasteiger partial charge in [0.1, 0.15) is 13.2 Å². The maximum Gasteiger partial charge on any atom is 0.309 e. The number of anilines is 1. The number of carbonyl (C=O) groups is 3. The molecule has 0 atom stereocenters. The molecular weight excluding hydrogens is 340 g/mol. The van der Waals surface area contributed by atoms with Crippen molar-refractivity contribution < 1.29 is 33.5 Å². The van der Waals surface area contributed by atoms with E-state index in [2.05, 4.69) is 0 Å². The summed E-state index contributed by atoms with van der Waals surface area (Å²) in [6.45, 7) is 2.76. The molecule has 4 rings (SSSR count). The fourth-order valence-electron chi connectivity index (χ4n) is 3.80. The van der Waals surface area contributed by atoms with Gasteiger partial charge in [0.15, 0.2) is 18.2 Å². The van der Waals surface area contributed by atoms with Gasteiger partial charge in [-0.05, 0) is 6.07 Å². The fourth-order valence-corrected chi connectivity index (χ4v) is 3.80. The van der Waals surface area contributed by atoms with Crippen LogP contribution in [0.25, 0.3) is 0 Å². The molecular formula is C18H21N2O6+. The maximum absolute atomic E-state index is 12.5. The summed E-state index contributed by atoms with van der Waals surface area (Å²) in [6, 6.07) is 3.32. The first-order valence-electron chi connectivity index (χ1n) is 8.79. The molecule has 3 aliphatic heterocycles. The van der Waals surface area contributed by atoms with Crippen LogP contribution in [0.4, 0.5) is 5.69 Å². The summed E-state index contributed by atoms with van der Waals surface area (Å²) < 4.78 is 15.9. The highest BCUT2D eigenvalue weighted by molar-refractivity contribution is 6.52. The first kappa shape index (κ1) is 16.8. The lowest BCUT2D eigenvalue weighted by Crippen LogP contribution is -3.14. The molecule has 0 saturated carbocycles. The molecule has 1 fully saturated rings.